The molecule has 1 saturated heterocycles. The van der Waals surface area contributed by atoms with Crippen LogP contribution in [-0.2, 0) is 9.59 Å². The fraction of sp³-hybridized carbons (Fsp3) is 0.500. The van der Waals surface area contributed by atoms with Crippen molar-refractivity contribution in [3.63, 3.8) is 0 Å². The number of likely N-dealkylation sites (tertiary alicyclic amines) is 1. The van der Waals surface area contributed by atoms with Crippen molar-refractivity contribution < 1.29 is 14.3 Å². The summed E-state index contributed by atoms with van der Waals surface area (Å²) in [7, 11) is 0. The van der Waals surface area contributed by atoms with Gasteiger partial charge in [-0.25, -0.2) is 0 Å². The molecule has 2 amide bonds. The summed E-state index contributed by atoms with van der Waals surface area (Å²) in [5, 5.41) is 2.88. The third-order valence-corrected chi connectivity index (χ3v) is 4.16. The zero-order valence-corrected chi connectivity index (χ0v) is 12.5. The van der Waals surface area contributed by atoms with Crippen LogP contribution in [0.2, 0.25) is 0 Å². The van der Waals surface area contributed by atoms with Crippen LogP contribution in [0.3, 0.4) is 0 Å². The zero-order chi connectivity index (χ0) is 15.6. The summed E-state index contributed by atoms with van der Waals surface area (Å²) in [4.78, 5) is 25.6. The number of ether oxygens (including phenoxy) is 1. The van der Waals surface area contributed by atoms with Gasteiger partial charge in [-0.05, 0) is 25.0 Å². The van der Waals surface area contributed by atoms with Gasteiger partial charge in [-0.1, -0.05) is 18.2 Å². The smallest absolute Gasteiger partial charge is 0.240 e. The van der Waals surface area contributed by atoms with Crippen LogP contribution in [-0.4, -0.2) is 48.0 Å². The SMILES string of the molecule is NC1(C(=O)NC2CC(=O)N(CCOc3ccccc3)C2)CC1. The summed E-state index contributed by atoms with van der Waals surface area (Å²) in [6, 6.07) is 9.35. The Kier molecular flexibility index (Phi) is 4.02. The molecule has 118 valence electrons. The topological polar surface area (TPSA) is 84.7 Å². The van der Waals surface area contributed by atoms with E-state index in [4.69, 9.17) is 10.5 Å². The zero-order valence-electron chi connectivity index (χ0n) is 12.5. The van der Waals surface area contributed by atoms with Gasteiger partial charge in [0, 0.05) is 13.0 Å². The fourth-order valence-corrected chi connectivity index (χ4v) is 2.57. The van der Waals surface area contributed by atoms with Crippen LogP contribution >= 0.6 is 0 Å². The number of nitrogens with zero attached hydrogens (tertiary/aromatic N) is 1. The molecule has 6 heteroatoms. The third-order valence-electron chi connectivity index (χ3n) is 4.16. The lowest BCUT2D eigenvalue weighted by atomic mass is 10.2. The lowest BCUT2D eigenvalue weighted by Crippen LogP contribution is -2.48. The normalized spacial score (nSPS) is 22.5. The number of benzene rings is 1. The van der Waals surface area contributed by atoms with E-state index in [0.717, 1.165) is 18.6 Å². The quantitative estimate of drug-likeness (QED) is 0.790. The number of nitrogens with two attached hydrogens (primary N) is 1. The molecule has 3 N–H and O–H groups in total. The van der Waals surface area contributed by atoms with E-state index >= 15 is 0 Å². The van der Waals surface area contributed by atoms with E-state index in [2.05, 4.69) is 5.32 Å². The fourth-order valence-electron chi connectivity index (χ4n) is 2.57. The molecule has 2 aliphatic rings. The monoisotopic (exact) mass is 303 g/mol. The Balaban J connectivity index is 1.43. The van der Waals surface area contributed by atoms with Gasteiger partial charge in [-0.3, -0.25) is 9.59 Å². The Labute approximate surface area is 129 Å². The molecule has 0 bridgehead atoms. The Morgan fingerprint density at radius 3 is 2.77 bits per heavy atom. The maximum Gasteiger partial charge on any atom is 0.240 e. The van der Waals surface area contributed by atoms with Crippen LogP contribution in [0.15, 0.2) is 30.3 Å². The number of rotatable bonds is 6. The van der Waals surface area contributed by atoms with Gasteiger partial charge in [0.2, 0.25) is 11.8 Å². The first-order chi connectivity index (χ1) is 10.6. The van der Waals surface area contributed by atoms with E-state index in [-0.39, 0.29) is 17.9 Å². The molecule has 1 aliphatic carbocycles. The van der Waals surface area contributed by atoms with E-state index in [1.54, 1.807) is 4.90 Å². The van der Waals surface area contributed by atoms with Crippen molar-refractivity contribution in [2.24, 2.45) is 5.73 Å². The molecule has 0 radical (unpaired) electrons. The molecule has 1 saturated carbocycles. The average Bonchev–Trinajstić information content (AvgIpc) is 3.17. The molecule has 1 aromatic carbocycles. The summed E-state index contributed by atoms with van der Waals surface area (Å²) in [6.07, 6.45) is 1.80. The first kappa shape index (κ1) is 14.8. The molecule has 1 aromatic rings. The number of carbonyl (C=O) groups excluding carboxylic acids is 2. The Morgan fingerprint density at radius 2 is 2.09 bits per heavy atom. The molecule has 1 atom stereocenters. The number of para-hydroxylation sites is 1. The average molecular weight is 303 g/mol. The molecule has 3 rings (SSSR count). The van der Waals surface area contributed by atoms with Crippen molar-refractivity contribution in [2.75, 3.05) is 19.7 Å². The van der Waals surface area contributed by atoms with Crippen molar-refractivity contribution in [2.45, 2.75) is 30.8 Å². The van der Waals surface area contributed by atoms with Gasteiger partial charge < -0.3 is 20.7 Å². The molecular formula is C16H21N3O3. The van der Waals surface area contributed by atoms with Crippen LogP contribution in [0.4, 0.5) is 0 Å². The van der Waals surface area contributed by atoms with E-state index in [1.165, 1.54) is 0 Å². The second kappa shape index (κ2) is 5.96. The summed E-state index contributed by atoms with van der Waals surface area (Å²) >= 11 is 0. The molecule has 2 fully saturated rings. The van der Waals surface area contributed by atoms with E-state index in [0.29, 0.717) is 26.1 Å². The van der Waals surface area contributed by atoms with Crippen molar-refractivity contribution in [3.8, 4) is 5.75 Å². The van der Waals surface area contributed by atoms with E-state index in [1.807, 2.05) is 30.3 Å². The molecule has 1 aliphatic heterocycles. The highest BCUT2D eigenvalue weighted by Crippen LogP contribution is 2.32. The standard InChI is InChI=1S/C16H21N3O3/c17-16(6-7-16)15(21)18-12-10-14(20)19(11-12)8-9-22-13-4-2-1-3-5-13/h1-5,12H,6-11,17H2,(H,18,21). The summed E-state index contributed by atoms with van der Waals surface area (Å²) < 4.78 is 5.60. The number of hydrogen-bond donors (Lipinski definition) is 2. The number of nitrogens with one attached hydrogen (secondary N) is 1. The maximum atomic E-state index is 12.0. The summed E-state index contributed by atoms with van der Waals surface area (Å²) in [5.74, 6) is 0.703. The van der Waals surface area contributed by atoms with Gasteiger partial charge >= 0.3 is 0 Å². The second-order valence-corrected chi connectivity index (χ2v) is 6.03. The van der Waals surface area contributed by atoms with Crippen molar-refractivity contribution in [1.29, 1.82) is 0 Å². The first-order valence-corrected chi connectivity index (χ1v) is 7.62. The van der Waals surface area contributed by atoms with Gasteiger partial charge in [0.05, 0.1) is 18.1 Å². The minimum Gasteiger partial charge on any atom is -0.492 e. The summed E-state index contributed by atoms with van der Waals surface area (Å²) in [6.45, 7) is 1.49. The predicted molar refractivity (Wildman–Crippen MR) is 81.2 cm³/mol. The molecule has 0 spiro atoms. The first-order valence-electron chi connectivity index (χ1n) is 7.62. The molecule has 1 unspecified atom stereocenters. The van der Waals surface area contributed by atoms with Gasteiger partial charge in [-0.15, -0.1) is 0 Å². The van der Waals surface area contributed by atoms with E-state index in [9.17, 15) is 9.59 Å². The van der Waals surface area contributed by atoms with E-state index < -0.39 is 5.54 Å². The molecule has 1 heterocycles. The molecule has 0 aromatic heterocycles. The van der Waals surface area contributed by atoms with Crippen LogP contribution in [0.25, 0.3) is 0 Å². The third kappa shape index (κ3) is 3.39. The van der Waals surface area contributed by atoms with Gasteiger partial charge in [0.1, 0.15) is 12.4 Å². The highest BCUT2D eigenvalue weighted by Gasteiger charge is 2.47. The van der Waals surface area contributed by atoms with Crippen LogP contribution in [0.1, 0.15) is 19.3 Å². The van der Waals surface area contributed by atoms with Crippen LogP contribution in [0, 0.1) is 0 Å². The second-order valence-electron chi connectivity index (χ2n) is 6.03. The van der Waals surface area contributed by atoms with Gasteiger partial charge in [0.15, 0.2) is 0 Å². The Hall–Kier alpha value is -2.08. The Morgan fingerprint density at radius 1 is 1.36 bits per heavy atom. The maximum absolute atomic E-state index is 12.0. The van der Waals surface area contributed by atoms with Crippen LogP contribution < -0.4 is 15.8 Å². The molecule has 6 nitrogen and oxygen atoms in total. The molecular weight excluding hydrogens is 282 g/mol. The molecule has 22 heavy (non-hydrogen) atoms. The largest absolute Gasteiger partial charge is 0.492 e. The highest BCUT2D eigenvalue weighted by atomic mass is 16.5. The minimum absolute atomic E-state index is 0.0452. The van der Waals surface area contributed by atoms with Crippen molar-refractivity contribution in [1.82, 2.24) is 10.2 Å². The lowest BCUT2D eigenvalue weighted by molar-refractivity contribution is -0.128. The number of carbonyl (C=O) groups is 2. The number of hydrogen-bond acceptors (Lipinski definition) is 4. The van der Waals surface area contributed by atoms with Gasteiger partial charge in [-0.2, -0.15) is 0 Å². The highest BCUT2D eigenvalue weighted by molar-refractivity contribution is 5.90. The van der Waals surface area contributed by atoms with Gasteiger partial charge in [0.25, 0.3) is 0 Å². The van der Waals surface area contributed by atoms with Crippen molar-refractivity contribution >= 4 is 11.8 Å². The summed E-state index contributed by atoms with van der Waals surface area (Å²) in [5.41, 5.74) is 5.16. The lowest BCUT2D eigenvalue weighted by Gasteiger charge is -2.18. The minimum atomic E-state index is -0.688. The Bertz CT molecular complexity index is 557. The van der Waals surface area contributed by atoms with Crippen LogP contribution in [0.5, 0.6) is 5.75 Å². The number of amides is 2. The van der Waals surface area contributed by atoms with Crippen molar-refractivity contribution in [3.05, 3.63) is 30.3 Å². The predicted octanol–water partition coefficient (Wildman–Crippen LogP) is 0.274.